The lowest BCUT2D eigenvalue weighted by Crippen LogP contribution is -2.17. The lowest BCUT2D eigenvalue weighted by molar-refractivity contribution is -0.116. The van der Waals surface area contributed by atoms with Crippen molar-refractivity contribution >= 4 is 46.9 Å². The lowest BCUT2D eigenvalue weighted by Gasteiger charge is -2.11. The van der Waals surface area contributed by atoms with Crippen LogP contribution >= 0.6 is 11.8 Å². The Morgan fingerprint density at radius 2 is 1.09 bits per heavy atom. The summed E-state index contributed by atoms with van der Waals surface area (Å²) in [6.45, 7) is 3.94. The average Bonchev–Trinajstić information content (AvgIpc) is 2.80. The van der Waals surface area contributed by atoms with E-state index in [1.165, 1.54) is 11.8 Å². The molecule has 0 saturated carbocycles. The molecule has 0 aromatic heterocycles. The number of rotatable bonds is 12. The maximum Gasteiger partial charge on any atom is 0.340 e. The van der Waals surface area contributed by atoms with Crippen LogP contribution in [0, 0.1) is 0 Å². The van der Waals surface area contributed by atoms with Gasteiger partial charge in [0.2, 0.25) is 11.8 Å². The third-order valence-corrected chi connectivity index (χ3v) is 5.33. The summed E-state index contributed by atoms with van der Waals surface area (Å²) >= 11 is 1.46. The molecule has 2 aromatic rings. The molecule has 2 rings (SSSR count). The molecule has 0 radical (unpaired) electrons. The number of nitrogens with one attached hydrogen (secondary N) is 2. The van der Waals surface area contributed by atoms with Gasteiger partial charge in [0.1, 0.15) is 0 Å². The van der Waals surface area contributed by atoms with Crippen LogP contribution in [0.25, 0.3) is 0 Å². The predicted octanol–water partition coefficient (Wildman–Crippen LogP) is 4.13. The predicted molar refractivity (Wildman–Crippen MR) is 129 cm³/mol. The van der Waals surface area contributed by atoms with Crippen LogP contribution in [0.1, 0.15) is 47.4 Å². The van der Waals surface area contributed by atoms with Crippen molar-refractivity contribution in [2.45, 2.75) is 26.7 Å². The quantitative estimate of drug-likeness (QED) is 0.353. The highest BCUT2D eigenvalue weighted by molar-refractivity contribution is 7.99. The first-order chi connectivity index (χ1) is 16.0. The van der Waals surface area contributed by atoms with Gasteiger partial charge in [-0.1, -0.05) is 24.3 Å². The van der Waals surface area contributed by atoms with Gasteiger partial charge in [0.05, 0.1) is 35.7 Å². The number of para-hydroxylation sites is 2. The van der Waals surface area contributed by atoms with Crippen molar-refractivity contribution in [1.82, 2.24) is 0 Å². The summed E-state index contributed by atoms with van der Waals surface area (Å²) in [5.74, 6) is -0.407. The number of carbonyl (C=O) groups is 4. The zero-order valence-corrected chi connectivity index (χ0v) is 19.5. The molecule has 2 aromatic carbocycles. The lowest BCUT2D eigenvalue weighted by atomic mass is 10.1. The molecule has 33 heavy (non-hydrogen) atoms. The molecule has 2 amide bonds. The maximum absolute atomic E-state index is 12.2. The van der Waals surface area contributed by atoms with Gasteiger partial charge >= 0.3 is 11.9 Å². The van der Waals surface area contributed by atoms with Gasteiger partial charge in [-0.25, -0.2) is 9.59 Å². The van der Waals surface area contributed by atoms with Crippen molar-refractivity contribution in [3.05, 3.63) is 59.7 Å². The molecule has 0 aliphatic carbocycles. The van der Waals surface area contributed by atoms with Crippen molar-refractivity contribution in [2.75, 3.05) is 35.4 Å². The zero-order valence-electron chi connectivity index (χ0n) is 18.7. The average molecular weight is 473 g/mol. The largest absolute Gasteiger partial charge is 0.462 e. The van der Waals surface area contributed by atoms with Crippen molar-refractivity contribution < 1.29 is 28.7 Å². The fraction of sp³-hybridized carbons (Fsp3) is 0.333. The van der Waals surface area contributed by atoms with Gasteiger partial charge in [-0.2, -0.15) is 11.8 Å². The minimum absolute atomic E-state index is 0.230. The van der Waals surface area contributed by atoms with E-state index in [9.17, 15) is 19.2 Å². The first kappa shape index (κ1) is 25.9. The highest BCUT2D eigenvalue weighted by Gasteiger charge is 2.15. The number of esters is 2. The first-order valence-corrected chi connectivity index (χ1v) is 11.8. The number of carbonyl (C=O) groups excluding carboxylic acids is 4. The van der Waals surface area contributed by atoms with Gasteiger partial charge in [0.15, 0.2) is 0 Å². The van der Waals surface area contributed by atoms with Crippen LogP contribution in [0.2, 0.25) is 0 Å². The number of ether oxygens (including phenoxy) is 2. The summed E-state index contributed by atoms with van der Waals surface area (Å²) < 4.78 is 10.0. The fourth-order valence-corrected chi connectivity index (χ4v) is 3.68. The van der Waals surface area contributed by atoms with E-state index >= 15 is 0 Å². The van der Waals surface area contributed by atoms with E-state index in [0.29, 0.717) is 34.0 Å². The van der Waals surface area contributed by atoms with Crippen molar-refractivity contribution in [2.24, 2.45) is 0 Å². The van der Waals surface area contributed by atoms with Gasteiger partial charge in [-0.05, 0) is 38.1 Å². The highest BCUT2D eigenvalue weighted by atomic mass is 32.2. The SMILES string of the molecule is CCOC(=O)c1ccccc1NC(=O)CCSCCC(=O)Nc1ccccc1C(=O)OCC. The third kappa shape index (κ3) is 8.61. The molecular weight excluding hydrogens is 444 g/mol. The van der Waals surface area contributed by atoms with Crippen molar-refractivity contribution in [3.63, 3.8) is 0 Å². The molecule has 0 atom stereocenters. The van der Waals surface area contributed by atoms with Crippen LogP contribution in [0.5, 0.6) is 0 Å². The molecule has 0 bridgehead atoms. The Hall–Kier alpha value is -3.33. The molecule has 0 heterocycles. The van der Waals surface area contributed by atoms with E-state index < -0.39 is 11.9 Å². The number of hydrogen-bond donors (Lipinski definition) is 2. The van der Waals surface area contributed by atoms with Crippen LogP contribution in [-0.2, 0) is 19.1 Å². The summed E-state index contributed by atoms with van der Waals surface area (Å²) in [5, 5.41) is 5.47. The van der Waals surface area contributed by atoms with Gasteiger partial charge in [0, 0.05) is 24.3 Å². The molecule has 0 unspecified atom stereocenters. The highest BCUT2D eigenvalue weighted by Crippen LogP contribution is 2.18. The number of amides is 2. The van der Waals surface area contributed by atoms with Gasteiger partial charge < -0.3 is 20.1 Å². The smallest absolute Gasteiger partial charge is 0.340 e. The van der Waals surface area contributed by atoms with Crippen LogP contribution in [0.4, 0.5) is 11.4 Å². The van der Waals surface area contributed by atoms with Gasteiger partial charge in [-0.3, -0.25) is 9.59 Å². The minimum atomic E-state index is -0.488. The molecule has 0 aliphatic rings. The summed E-state index contributed by atoms with van der Waals surface area (Å²) in [7, 11) is 0. The van der Waals surface area contributed by atoms with E-state index in [1.54, 1.807) is 62.4 Å². The Morgan fingerprint density at radius 1 is 0.697 bits per heavy atom. The standard InChI is InChI=1S/C24H28N2O6S/c1-3-31-23(29)17-9-5-7-11-19(17)25-21(27)13-15-33-16-14-22(28)26-20-12-8-6-10-18(20)24(30)32-4-2/h5-12H,3-4,13-16H2,1-2H3,(H,25,27)(H,26,28). The Kier molecular flexibility index (Phi) is 11.0. The van der Waals surface area contributed by atoms with E-state index in [1.807, 2.05) is 0 Å². The monoisotopic (exact) mass is 472 g/mol. The molecule has 8 nitrogen and oxygen atoms in total. The van der Waals surface area contributed by atoms with Crippen LogP contribution in [-0.4, -0.2) is 48.5 Å². The van der Waals surface area contributed by atoms with Crippen molar-refractivity contribution in [3.8, 4) is 0 Å². The molecule has 9 heteroatoms. The van der Waals surface area contributed by atoms with E-state index in [2.05, 4.69) is 10.6 Å². The van der Waals surface area contributed by atoms with E-state index in [0.717, 1.165) is 0 Å². The summed E-state index contributed by atoms with van der Waals surface area (Å²) in [4.78, 5) is 48.5. The van der Waals surface area contributed by atoms with Gasteiger partial charge in [-0.15, -0.1) is 0 Å². The fourth-order valence-electron chi connectivity index (χ4n) is 2.82. The number of hydrogen-bond acceptors (Lipinski definition) is 7. The minimum Gasteiger partial charge on any atom is -0.462 e. The van der Waals surface area contributed by atoms with E-state index in [-0.39, 0.29) is 37.9 Å². The first-order valence-electron chi connectivity index (χ1n) is 10.7. The summed E-state index contributed by atoms with van der Waals surface area (Å²) in [6.07, 6.45) is 0.463. The second-order valence-corrected chi connectivity index (χ2v) is 7.97. The van der Waals surface area contributed by atoms with Crippen LogP contribution < -0.4 is 10.6 Å². The Balaban J connectivity index is 1.74. The van der Waals surface area contributed by atoms with Crippen molar-refractivity contribution in [1.29, 1.82) is 0 Å². The Morgan fingerprint density at radius 3 is 1.48 bits per heavy atom. The second kappa shape index (κ2) is 13.9. The second-order valence-electron chi connectivity index (χ2n) is 6.74. The normalized spacial score (nSPS) is 10.2. The number of anilines is 2. The third-order valence-electron chi connectivity index (χ3n) is 4.34. The van der Waals surface area contributed by atoms with Crippen LogP contribution in [0.3, 0.4) is 0 Å². The number of thioether (sulfide) groups is 1. The van der Waals surface area contributed by atoms with E-state index in [4.69, 9.17) is 9.47 Å². The topological polar surface area (TPSA) is 111 Å². The molecule has 0 fully saturated rings. The zero-order chi connectivity index (χ0) is 24.1. The summed E-state index contributed by atoms with van der Waals surface area (Å²) in [5.41, 5.74) is 1.43. The van der Waals surface area contributed by atoms with Gasteiger partial charge in [0.25, 0.3) is 0 Å². The number of benzene rings is 2. The molecule has 176 valence electrons. The Labute approximate surface area is 197 Å². The Bertz CT molecular complexity index is 901. The molecule has 0 spiro atoms. The van der Waals surface area contributed by atoms with Crippen LogP contribution in [0.15, 0.2) is 48.5 Å². The molecular formula is C24H28N2O6S. The molecule has 0 aliphatic heterocycles. The summed E-state index contributed by atoms with van der Waals surface area (Å²) in [6, 6.07) is 13.4. The maximum atomic E-state index is 12.2. The molecule has 0 saturated heterocycles. The molecule has 2 N–H and O–H groups in total.